The molecule has 10 N–H and O–H groups in total. The topological polar surface area (TPSA) is 586 Å². The first-order valence-corrected chi connectivity index (χ1v) is 46.2. The van der Waals surface area contributed by atoms with Crippen molar-refractivity contribution >= 4 is 113 Å². The van der Waals surface area contributed by atoms with E-state index in [2.05, 4.69) is 57.9 Å². The molecular weight excluding hydrogens is 1860 g/mol. The number of nitrogens with one attached hydrogen (secondary N) is 10. The molecule has 0 saturated carbocycles. The Morgan fingerprint density at radius 1 is 0.353 bits per heavy atom. The Kier molecular flexibility index (Phi) is 56.0. The lowest BCUT2D eigenvalue weighted by Gasteiger charge is -2.45. The number of unbranched alkanes of at least 4 members (excludes halogenated alkanes) is 7. The molecule has 1 aromatic carbocycles. The van der Waals surface area contributed by atoms with Gasteiger partial charge < -0.3 is 124 Å². The summed E-state index contributed by atoms with van der Waals surface area (Å²) >= 11 is 0. The molecule has 3 aliphatic rings. The van der Waals surface area contributed by atoms with Gasteiger partial charge in [-0.1, -0.05) is 26.2 Å². The predicted molar refractivity (Wildman–Crippen MR) is 469 cm³/mol. The van der Waals surface area contributed by atoms with Gasteiger partial charge in [0.25, 0.3) is 0 Å². The highest BCUT2D eigenvalue weighted by molar-refractivity contribution is 5.85. The van der Waals surface area contributed by atoms with Gasteiger partial charge in [-0.05, 0) is 96.4 Å². The normalized spacial score (nSPS) is 21.4. The Labute approximate surface area is 801 Å². The molecule has 3 fully saturated rings. The fraction of sp³-hybridized carbons (Fsp3) is 0.719. The second-order valence-electron chi connectivity index (χ2n) is 32.9. The number of benzene rings is 1. The van der Waals surface area contributed by atoms with Gasteiger partial charge in [0.1, 0.15) is 55.8 Å². The van der Waals surface area contributed by atoms with Gasteiger partial charge in [0.2, 0.25) is 88.0 Å². The van der Waals surface area contributed by atoms with Crippen LogP contribution in [0.3, 0.4) is 0 Å². The molecule has 0 bridgehead atoms. The number of halogens is 5. The van der Waals surface area contributed by atoms with E-state index < -0.39 is 261 Å². The summed E-state index contributed by atoms with van der Waals surface area (Å²) in [5.74, 6) is -26.0. The standard InChI is InChI=1S/C89H134F5N11O34/c1-13-61-79(130-54(7)112)83(133-57(10)115)76(102-49(2)107)87(136-61)125-42-22-14-17-31-66(119)98-38-27-40-100-69(122)45-105(64(46-106)95-36-26-37-97-65(118)30-18-15-23-43-126-88-77(103-50(3)108)84(134-58(11)116)80(131-55(8)113)62(137-88)47-128-52(5)110)60(29-20-21-35-96-68(121)33-25-34-70(123)139-82-74(93)72(91)71(90)73(92)75(82)94)86(124)101-41-28-39-99-67(120)32-19-16-24-44-127-89-78(104-51(4)109)85(135-59(12)117)81(132-56(9)114)63(138-89)48-129-53(6)111/h46,60-64,76-81,83-85,87-89,95H,13-45,47-48H2,1-12H3,(H,96,121)(H,97,118)(H,98,119)(H,99,120)(H,100,122)(H,101,124)(H,102,107)(H,103,108)(H,104,109). The zero-order valence-electron chi connectivity index (χ0n) is 80.4. The zero-order chi connectivity index (χ0) is 103. The molecule has 139 heavy (non-hydrogen) atoms. The highest BCUT2D eigenvalue weighted by atomic mass is 19.2. The summed E-state index contributed by atoms with van der Waals surface area (Å²) < 4.78 is 154. The molecule has 3 aliphatic heterocycles. The largest absolute Gasteiger partial charge is 0.463 e. The van der Waals surface area contributed by atoms with E-state index >= 15 is 0 Å². The van der Waals surface area contributed by atoms with E-state index in [9.17, 15) is 113 Å². The summed E-state index contributed by atoms with van der Waals surface area (Å²) in [4.78, 5) is 243. The molecule has 3 saturated heterocycles. The van der Waals surface area contributed by atoms with Crippen LogP contribution in [0.1, 0.15) is 224 Å². The number of carbonyl (C=O) groups is 19. The second kappa shape index (κ2) is 64.8. The van der Waals surface area contributed by atoms with Crippen LogP contribution < -0.4 is 57.9 Å². The van der Waals surface area contributed by atoms with E-state index in [1.165, 1.54) is 32.6 Å². The number of aldehydes is 1. The average Bonchev–Trinajstić information content (AvgIpc) is 0.791. The first kappa shape index (κ1) is 120. The monoisotopic (exact) mass is 2000 g/mol. The summed E-state index contributed by atoms with van der Waals surface area (Å²) in [5.41, 5.74) is 0. The Hall–Kier alpha value is -11.3. The molecule has 784 valence electrons. The fourth-order valence-electron chi connectivity index (χ4n) is 14.9. The molecule has 17 unspecified atom stereocenters. The van der Waals surface area contributed by atoms with Crippen molar-refractivity contribution in [3.8, 4) is 5.75 Å². The van der Waals surface area contributed by atoms with Gasteiger partial charge in [0, 0.05) is 167 Å². The number of hydrogen-bond acceptors (Lipinski definition) is 36. The van der Waals surface area contributed by atoms with Crippen LogP contribution in [0, 0.1) is 29.1 Å². The first-order valence-electron chi connectivity index (χ1n) is 46.2. The maximum atomic E-state index is 14.7. The number of esters is 9. The smallest absolute Gasteiger partial charge is 0.311 e. The molecule has 0 spiro atoms. The van der Waals surface area contributed by atoms with Crippen molar-refractivity contribution in [2.45, 2.75) is 328 Å². The molecule has 0 aliphatic carbocycles. The lowest BCUT2D eigenvalue weighted by molar-refractivity contribution is -0.277. The minimum atomic E-state index is -2.48. The van der Waals surface area contributed by atoms with E-state index in [4.69, 9.17) is 66.3 Å². The molecule has 17 atom stereocenters. The van der Waals surface area contributed by atoms with Crippen LogP contribution in [-0.2, 0) is 157 Å². The van der Waals surface area contributed by atoms with Gasteiger partial charge in [-0.2, -0.15) is 8.78 Å². The minimum Gasteiger partial charge on any atom is -0.463 e. The first-order chi connectivity index (χ1) is 66.0. The maximum absolute atomic E-state index is 14.7. The van der Waals surface area contributed by atoms with Gasteiger partial charge in [0.05, 0.1) is 12.6 Å². The maximum Gasteiger partial charge on any atom is 0.311 e. The van der Waals surface area contributed by atoms with Crippen LogP contribution in [0.4, 0.5) is 22.0 Å². The predicted octanol–water partition coefficient (Wildman–Crippen LogP) is 1.83. The van der Waals surface area contributed by atoms with Gasteiger partial charge >= 0.3 is 53.7 Å². The summed E-state index contributed by atoms with van der Waals surface area (Å²) in [6.07, 6.45) is -12.3. The van der Waals surface area contributed by atoms with Crippen molar-refractivity contribution in [1.82, 2.24) is 58.1 Å². The van der Waals surface area contributed by atoms with Crippen molar-refractivity contribution in [3.05, 3.63) is 29.1 Å². The number of ether oxygens (including phenoxy) is 15. The number of nitrogens with zero attached hydrogens (tertiary/aromatic N) is 1. The highest BCUT2D eigenvalue weighted by Crippen LogP contribution is 2.34. The van der Waals surface area contributed by atoms with Crippen molar-refractivity contribution in [2.75, 3.05) is 85.4 Å². The minimum absolute atomic E-state index is 0.00872. The number of hydrogen-bond donors (Lipinski definition) is 10. The molecule has 0 aromatic heterocycles. The van der Waals surface area contributed by atoms with Gasteiger partial charge in [-0.15, -0.1) is 0 Å². The molecule has 3 heterocycles. The Morgan fingerprint density at radius 2 is 0.676 bits per heavy atom. The van der Waals surface area contributed by atoms with Crippen LogP contribution in [0.15, 0.2) is 0 Å². The third kappa shape index (κ3) is 45.7. The van der Waals surface area contributed by atoms with Crippen molar-refractivity contribution in [1.29, 1.82) is 0 Å². The molecular formula is C89H134F5N11O34. The van der Waals surface area contributed by atoms with Crippen LogP contribution in [0.2, 0.25) is 0 Å². The summed E-state index contributed by atoms with van der Waals surface area (Å²) in [7, 11) is 0. The fourth-order valence-corrected chi connectivity index (χ4v) is 14.9. The van der Waals surface area contributed by atoms with Gasteiger partial charge in [-0.3, -0.25) is 96.5 Å². The van der Waals surface area contributed by atoms with Crippen molar-refractivity contribution in [3.63, 3.8) is 0 Å². The van der Waals surface area contributed by atoms with Crippen LogP contribution in [-0.4, -0.2) is 308 Å². The quantitative estimate of drug-likeness (QED) is 0.00512. The molecule has 45 nitrogen and oxygen atoms in total. The van der Waals surface area contributed by atoms with E-state index in [1.54, 1.807) is 6.92 Å². The summed E-state index contributed by atoms with van der Waals surface area (Å²) in [6.45, 7) is 12.9. The third-order valence-corrected chi connectivity index (χ3v) is 21.1. The SMILES string of the molecule is CCC1OC(OCCCCCC(=O)NCCCNC(=O)CN(C(C=O)NCCCNC(=O)CCCCCOC2OC(COC(C)=O)C(OC(C)=O)C(OC(C)=O)C2NC(C)=O)C(CCCCNC(=O)CCCC(=O)Oc2c(F)c(F)c(F)c(F)c2F)C(=O)NCCCNC(=O)CCCCCOC2OC(COC(C)=O)C(OC(C)=O)C(OC(C)=O)C2NC(C)=O)C(NC(C)=O)C(OC(C)=O)C1OC(C)=O. The van der Waals surface area contributed by atoms with Gasteiger partial charge in [0.15, 0.2) is 61.8 Å². The highest BCUT2D eigenvalue weighted by Gasteiger charge is 2.54. The summed E-state index contributed by atoms with van der Waals surface area (Å²) in [6, 6.07) is -4.80. The number of amides is 9. The second-order valence-corrected chi connectivity index (χ2v) is 32.9. The van der Waals surface area contributed by atoms with Gasteiger partial charge in [-0.25, -0.2) is 13.2 Å². The van der Waals surface area contributed by atoms with E-state index in [0.717, 1.165) is 48.5 Å². The van der Waals surface area contributed by atoms with Crippen molar-refractivity contribution < 1.29 is 184 Å². The average molecular weight is 2000 g/mol. The molecule has 4 rings (SSSR count). The number of rotatable bonds is 64. The lowest BCUT2D eigenvalue weighted by atomic mass is 9.94. The molecule has 50 heteroatoms. The zero-order valence-corrected chi connectivity index (χ0v) is 80.4. The van der Waals surface area contributed by atoms with Crippen molar-refractivity contribution in [2.24, 2.45) is 0 Å². The van der Waals surface area contributed by atoms with Crippen LogP contribution in [0.5, 0.6) is 5.75 Å². The lowest BCUT2D eigenvalue weighted by Crippen LogP contribution is -2.66. The van der Waals surface area contributed by atoms with E-state index in [1.807, 2.05) is 0 Å². The third-order valence-electron chi connectivity index (χ3n) is 21.1. The molecule has 0 radical (unpaired) electrons. The van der Waals surface area contributed by atoms with Crippen LogP contribution in [0.25, 0.3) is 0 Å². The number of carbonyl (C=O) groups excluding carboxylic acids is 19. The Balaban J connectivity index is 1.48. The Morgan fingerprint density at radius 3 is 1.03 bits per heavy atom. The van der Waals surface area contributed by atoms with E-state index in [-0.39, 0.29) is 148 Å². The van der Waals surface area contributed by atoms with E-state index in [0.29, 0.717) is 70.5 Å². The molecule has 1 aromatic rings. The molecule has 9 amide bonds. The van der Waals surface area contributed by atoms with Crippen LogP contribution >= 0.6 is 0 Å². The Bertz CT molecular complexity index is 4210. The summed E-state index contributed by atoms with van der Waals surface area (Å²) in [5, 5.41) is 27.5.